The molecule has 0 aromatic carbocycles. The van der Waals surface area contributed by atoms with Crippen LogP contribution in [0.1, 0.15) is 20.3 Å². The minimum absolute atomic E-state index is 0.194. The first-order valence-electron chi connectivity index (χ1n) is 2.82. The van der Waals surface area contributed by atoms with E-state index in [2.05, 4.69) is 6.92 Å². The Morgan fingerprint density at radius 3 is 2.50 bits per heavy atom. The van der Waals surface area contributed by atoms with E-state index >= 15 is 0 Å². The highest BCUT2D eigenvalue weighted by atomic mass is 32.8. The maximum absolute atomic E-state index is 5.18. The summed E-state index contributed by atoms with van der Waals surface area (Å²) in [6, 6.07) is 0. The highest BCUT2D eigenvalue weighted by Crippen LogP contribution is 1.87. The van der Waals surface area contributed by atoms with Crippen LogP contribution < -0.4 is 0 Å². The molecule has 0 N–H and O–H groups in total. The second-order valence-electron chi connectivity index (χ2n) is 1.41. The molecule has 0 amide bonds. The summed E-state index contributed by atoms with van der Waals surface area (Å²) in [5, 5.41) is 0. The lowest BCUT2D eigenvalue weighted by molar-refractivity contribution is 0.369. The zero-order chi connectivity index (χ0) is 6.41. The molecule has 0 radical (unpaired) electrons. The summed E-state index contributed by atoms with van der Waals surface area (Å²) in [6.07, 6.45) is 1.07. The second kappa shape index (κ2) is 5.66. The van der Waals surface area contributed by atoms with E-state index in [4.69, 9.17) is 15.4 Å². The van der Waals surface area contributed by atoms with Gasteiger partial charge in [0.25, 0.3) is 0 Å². The van der Waals surface area contributed by atoms with Gasteiger partial charge in [0.1, 0.15) is 0 Å². The van der Waals surface area contributed by atoms with Gasteiger partial charge in [-0.25, -0.2) is 0 Å². The van der Waals surface area contributed by atoms with Gasteiger partial charge in [-0.05, 0) is 17.6 Å². The maximum atomic E-state index is 5.18. The number of rotatable bonds is 4. The normalized spacial score (nSPS) is 13.8. The minimum atomic E-state index is -0.194. The first kappa shape index (κ1) is 8.53. The van der Waals surface area contributed by atoms with Crippen LogP contribution in [-0.2, 0) is 25.1 Å². The maximum Gasteiger partial charge on any atom is 0.0614 e. The molecule has 1 unspecified atom stereocenters. The molecular formula is C5H12OS2. The van der Waals surface area contributed by atoms with E-state index < -0.39 is 0 Å². The summed E-state index contributed by atoms with van der Waals surface area (Å²) in [4.78, 5) is 0. The van der Waals surface area contributed by atoms with Gasteiger partial charge in [0, 0.05) is 15.5 Å². The van der Waals surface area contributed by atoms with E-state index in [9.17, 15) is 0 Å². The Balaban J connectivity index is 2.99. The van der Waals surface area contributed by atoms with Gasteiger partial charge < -0.3 is 4.18 Å². The van der Waals surface area contributed by atoms with Crippen LogP contribution in [0.2, 0.25) is 0 Å². The van der Waals surface area contributed by atoms with Gasteiger partial charge in [-0.2, -0.15) is 0 Å². The van der Waals surface area contributed by atoms with E-state index in [0.717, 1.165) is 18.8 Å². The Kier molecular flexibility index (Phi) is 6.04. The molecule has 1 atom stereocenters. The van der Waals surface area contributed by atoms with Crippen molar-refractivity contribution in [3.05, 3.63) is 0 Å². The van der Waals surface area contributed by atoms with E-state index in [1.807, 2.05) is 6.92 Å². The molecule has 0 saturated carbocycles. The summed E-state index contributed by atoms with van der Waals surface area (Å²) in [6.45, 7) is 4.95. The monoisotopic (exact) mass is 152 g/mol. The lowest BCUT2D eigenvalue weighted by Gasteiger charge is -1.99. The molecule has 0 rings (SSSR count). The first-order valence-corrected chi connectivity index (χ1v) is 5.07. The van der Waals surface area contributed by atoms with Crippen molar-refractivity contribution in [2.24, 2.45) is 0 Å². The van der Waals surface area contributed by atoms with Crippen LogP contribution in [0, 0.1) is 0 Å². The number of hydrogen-bond donors (Lipinski definition) is 0. The van der Waals surface area contributed by atoms with Crippen molar-refractivity contribution in [1.82, 2.24) is 0 Å². The van der Waals surface area contributed by atoms with Gasteiger partial charge in [0.05, 0.1) is 6.61 Å². The van der Waals surface area contributed by atoms with Crippen molar-refractivity contribution in [2.75, 3.05) is 12.4 Å². The van der Waals surface area contributed by atoms with Crippen molar-refractivity contribution in [1.29, 1.82) is 0 Å². The van der Waals surface area contributed by atoms with Gasteiger partial charge in [0.15, 0.2) is 0 Å². The van der Waals surface area contributed by atoms with Crippen LogP contribution in [0.4, 0.5) is 0 Å². The Morgan fingerprint density at radius 2 is 2.12 bits per heavy atom. The third-order valence-corrected chi connectivity index (χ3v) is 2.55. The van der Waals surface area contributed by atoms with E-state index in [-0.39, 0.29) is 9.74 Å². The van der Waals surface area contributed by atoms with Crippen molar-refractivity contribution < 1.29 is 4.18 Å². The Labute approximate surface area is 58.2 Å². The molecule has 0 bridgehead atoms. The second-order valence-corrected chi connectivity index (χ2v) is 3.95. The third-order valence-electron chi connectivity index (χ3n) is 0.655. The van der Waals surface area contributed by atoms with Crippen LogP contribution >= 0.6 is 0 Å². The third kappa shape index (κ3) is 4.68. The van der Waals surface area contributed by atoms with E-state index in [0.29, 0.717) is 0 Å². The summed E-state index contributed by atoms with van der Waals surface area (Å²) in [7, 11) is -0.194. The highest BCUT2D eigenvalue weighted by Gasteiger charge is 1.86. The molecule has 0 aliphatic heterocycles. The average Bonchev–Trinajstić information content (AvgIpc) is 1.83. The molecule has 0 heterocycles. The summed E-state index contributed by atoms with van der Waals surface area (Å²) < 4.78 is 5.18. The topological polar surface area (TPSA) is 9.23 Å². The summed E-state index contributed by atoms with van der Waals surface area (Å²) in [5.74, 6) is 0.968. The molecule has 0 saturated heterocycles. The zero-order valence-corrected chi connectivity index (χ0v) is 6.98. The Hall–Kier alpha value is 0.530. The molecule has 3 heteroatoms. The molecule has 8 heavy (non-hydrogen) atoms. The Bertz CT molecular complexity index is 72.8. The predicted molar refractivity (Wildman–Crippen MR) is 41.5 cm³/mol. The van der Waals surface area contributed by atoms with Gasteiger partial charge in [-0.15, -0.1) is 0 Å². The van der Waals surface area contributed by atoms with Crippen LogP contribution in [0.5, 0.6) is 0 Å². The largest absolute Gasteiger partial charge is 0.312 e. The lowest BCUT2D eigenvalue weighted by Crippen LogP contribution is -1.98. The van der Waals surface area contributed by atoms with E-state index in [1.54, 1.807) is 0 Å². The smallest absolute Gasteiger partial charge is 0.0614 e. The minimum Gasteiger partial charge on any atom is -0.312 e. The van der Waals surface area contributed by atoms with Gasteiger partial charge in [0.2, 0.25) is 0 Å². The SMILES string of the molecule is CCCOS(=S)CC. The molecule has 0 spiro atoms. The fourth-order valence-corrected chi connectivity index (χ4v) is 0.983. The number of hydrogen-bond acceptors (Lipinski definition) is 2. The first-order chi connectivity index (χ1) is 3.81. The lowest BCUT2D eigenvalue weighted by atomic mass is 10.5. The average molecular weight is 152 g/mol. The van der Waals surface area contributed by atoms with Crippen LogP contribution in [-0.4, -0.2) is 12.4 Å². The van der Waals surface area contributed by atoms with Crippen LogP contribution in [0.3, 0.4) is 0 Å². The van der Waals surface area contributed by atoms with Gasteiger partial charge in [-0.3, -0.25) is 0 Å². The van der Waals surface area contributed by atoms with Crippen LogP contribution in [0.25, 0.3) is 0 Å². The molecule has 0 aliphatic rings. The van der Waals surface area contributed by atoms with Crippen molar-refractivity contribution in [3.63, 3.8) is 0 Å². The van der Waals surface area contributed by atoms with Gasteiger partial charge in [-0.1, -0.05) is 13.8 Å². The van der Waals surface area contributed by atoms with Crippen LogP contribution in [0.15, 0.2) is 0 Å². The van der Waals surface area contributed by atoms with Crippen molar-refractivity contribution in [3.8, 4) is 0 Å². The fourth-order valence-electron chi connectivity index (χ4n) is 0.260. The zero-order valence-electron chi connectivity index (χ0n) is 5.35. The highest BCUT2D eigenvalue weighted by molar-refractivity contribution is 8.26. The van der Waals surface area contributed by atoms with E-state index in [1.165, 1.54) is 0 Å². The molecule has 0 fully saturated rings. The molecule has 0 aromatic heterocycles. The molecule has 1 nitrogen and oxygen atoms in total. The predicted octanol–water partition coefficient (Wildman–Crippen LogP) is 1.43. The van der Waals surface area contributed by atoms with Gasteiger partial charge >= 0.3 is 0 Å². The summed E-state index contributed by atoms with van der Waals surface area (Å²) in [5.41, 5.74) is 0. The van der Waals surface area contributed by atoms with Crippen molar-refractivity contribution >= 4 is 20.9 Å². The molecular weight excluding hydrogens is 140 g/mol. The molecule has 0 aromatic rings. The summed E-state index contributed by atoms with van der Waals surface area (Å²) >= 11 is 4.91. The fraction of sp³-hybridized carbons (Fsp3) is 1.00. The standard InChI is InChI=1S/C5H12OS2/c1-3-5-6-8(7)4-2/h3-5H2,1-2H3. The Morgan fingerprint density at radius 1 is 1.50 bits per heavy atom. The molecule has 0 aliphatic carbocycles. The quantitative estimate of drug-likeness (QED) is 0.602. The van der Waals surface area contributed by atoms with Crippen molar-refractivity contribution in [2.45, 2.75) is 20.3 Å². The molecule has 50 valence electrons.